The summed E-state index contributed by atoms with van der Waals surface area (Å²) in [6.45, 7) is 0. The number of benzene rings is 1. The monoisotopic (exact) mass is 154 g/mol. The van der Waals surface area contributed by atoms with Gasteiger partial charge in [0.05, 0.1) is 7.11 Å². The molecule has 0 unspecified atom stereocenters. The van der Waals surface area contributed by atoms with Crippen LogP contribution in [0.5, 0.6) is 5.75 Å². The Morgan fingerprint density at radius 2 is 1.73 bits per heavy atom. The van der Waals surface area contributed by atoms with Gasteiger partial charge in [-0.15, -0.1) is 0 Å². The topological polar surface area (TPSA) is 9.23 Å². The first kappa shape index (κ1) is 8.05. The lowest BCUT2D eigenvalue weighted by Crippen LogP contribution is -2.06. The lowest BCUT2D eigenvalue weighted by molar-refractivity contribution is 0.360. The van der Waals surface area contributed by atoms with Crippen molar-refractivity contribution in [3.05, 3.63) is 23.8 Å². The van der Waals surface area contributed by atoms with Gasteiger partial charge in [-0.3, -0.25) is 0 Å². The highest BCUT2D eigenvalue weighted by molar-refractivity contribution is 6.32. The van der Waals surface area contributed by atoms with E-state index in [1.165, 1.54) is 7.11 Å². The molecule has 11 heavy (non-hydrogen) atoms. The maximum absolute atomic E-state index is 12.7. The third kappa shape index (κ3) is 1.50. The van der Waals surface area contributed by atoms with Crippen LogP contribution in [0.4, 0.5) is 8.78 Å². The van der Waals surface area contributed by atoms with E-state index in [-0.39, 0.29) is 5.46 Å². The van der Waals surface area contributed by atoms with Gasteiger partial charge in [0.1, 0.15) is 7.85 Å². The number of rotatable bonds is 1. The molecule has 0 heterocycles. The van der Waals surface area contributed by atoms with Crippen molar-refractivity contribution < 1.29 is 13.5 Å². The maximum Gasteiger partial charge on any atom is 0.190 e. The fraction of sp³-hybridized carbons (Fsp3) is 0.143. The van der Waals surface area contributed by atoms with Gasteiger partial charge < -0.3 is 4.74 Å². The Bertz CT molecular complexity index is 252. The normalized spacial score (nSPS) is 9.73. The Labute approximate surface area is 64.4 Å². The fourth-order valence-electron chi connectivity index (χ4n) is 0.774. The van der Waals surface area contributed by atoms with Crippen LogP contribution in [0.15, 0.2) is 12.1 Å². The van der Waals surface area contributed by atoms with Crippen LogP contribution in [0.3, 0.4) is 0 Å². The van der Waals surface area contributed by atoms with E-state index in [1.54, 1.807) is 0 Å². The van der Waals surface area contributed by atoms with E-state index in [0.29, 0.717) is 0 Å². The summed E-state index contributed by atoms with van der Waals surface area (Å²) in [7, 11) is 6.34. The number of ether oxygens (including phenoxy) is 1. The SMILES string of the molecule is [B]c1cc(F)c(OC)c(F)c1. The molecule has 0 aliphatic heterocycles. The summed E-state index contributed by atoms with van der Waals surface area (Å²) in [6, 6.07) is 2.00. The van der Waals surface area contributed by atoms with E-state index in [9.17, 15) is 8.78 Å². The van der Waals surface area contributed by atoms with Crippen molar-refractivity contribution in [3.63, 3.8) is 0 Å². The molecule has 56 valence electrons. The highest BCUT2D eigenvalue weighted by atomic mass is 19.1. The van der Waals surface area contributed by atoms with Gasteiger partial charge in [0, 0.05) is 0 Å². The largest absolute Gasteiger partial charge is 0.491 e. The van der Waals surface area contributed by atoms with Gasteiger partial charge in [-0.05, 0) is 12.1 Å². The molecule has 0 bridgehead atoms. The van der Waals surface area contributed by atoms with Crippen LogP contribution >= 0.6 is 0 Å². The molecule has 0 amide bonds. The molecule has 0 aromatic heterocycles. The van der Waals surface area contributed by atoms with Crippen molar-refractivity contribution in [2.45, 2.75) is 0 Å². The molecule has 0 atom stereocenters. The van der Waals surface area contributed by atoms with Crippen LogP contribution in [0, 0.1) is 11.6 Å². The van der Waals surface area contributed by atoms with Crippen LogP contribution < -0.4 is 10.2 Å². The first-order valence-electron chi connectivity index (χ1n) is 2.93. The molecule has 2 radical (unpaired) electrons. The van der Waals surface area contributed by atoms with Crippen molar-refractivity contribution in [2.75, 3.05) is 7.11 Å². The molecule has 0 aliphatic rings. The number of hydrogen-bond donors (Lipinski definition) is 0. The summed E-state index contributed by atoms with van der Waals surface area (Å²) in [6.07, 6.45) is 0. The van der Waals surface area contributed by atoms with Crippen LogP contribution in [0.25, 0.3) is 0 Å². The van der Waals surface area contributed by atoms with Gasteiger partial charge in [-0.1, -0.05) is 5.46 Å². The molecular formula is C7H5BF2O. The van der Waals surface area contributed by atoms with Crippen LogP contribution in [0.2, 0.25) is 0 Å². The molecular weight excluding hydrogens is 149 g/mol. The second-order valence-electron chi connectivity index (χ2n) is 2.02. The number of methoxy groups -OCH3 is 1. The van der Waals surface area contributed by atoms with Gasteiger partial charge >= 0.3 is 0 Å². The molecule has 0 fully saturated rings. The number of hydrogen-bond acceptors (Lipinski definition) is 1. The minimum atomic E-state index is -0.787. The van der Waals surface area contributed by atoms with E-state index >= 15 is 0 Å². The summed E-state index contributed by atoms with van der Waals surface area (Å²) in [4.78, 5) is 0. The molecule has 0 spiro atoms. The summed E-state index contributed by atoms with van der Waals surface area (Å²) in [5.41, 5.74) is 0.0424. The van der Waals surface area contributed by atoms with E-state index in [2.05, 4.69) is 4.74 Å². The van der Waals surface area contributed by atoms with E-state index < -0.39 is 17.4 Å². The first-order valence-corrected chi connectivity index (χ1v) is 2.93. The van der Waals surface area contributed by atoms with Crippen LogP contribution in [-0.4, -0.2) is 15.0 Å². The Hall–Kier alpha value is -1.06. The third-order valence-electron chi connectivity index (χ3n) is 1.22. The van der Waals surface area contributed by atoms with E-state index in [1.807, 2.05) is 0 Å². The lowest BCUT2D eigenvalue weighted by Gasteiger charge is -2.03. The first-order chi connectivity index (χ1) is 5.15. The molecule has 1 rings (SSSR count). The highest BCUT2D eigenvalue weighted by Crippen LogP contribution is 2.18. The lowest BCUT2D eigenvalue weighted by atomic mass is 9.96. The van der Waals surface area contributed by atoms with Gasteiger partial charge in [0.25, 0.3) is 0 Å². The zero-order valence-corrected chi connectivity index (χ0v) is 5.90. The molecule has 0 aliphatic carbocycles. The Kier molecular flexibility index (Phi) is 2.12. The van der Waals surface area contributed by atoms with Crippen molar-refractivity contribution in [1.82, 2.24) is 0 Å². The quantitative estimate of drug-likeness (QED) is 0.542. The van der Waals surface area contributed by atoms with E-state index in [4.69, 9.17) is 7.85 Å². The minimum Gasteiger partial charge on any atom is -0.491 e. The maximum atomic E-state index is 12.7. The Morgan fingerprint density at radius 1 is 1.27 bits per heavy atom. The van der Waals surface area contributed by atoms with Gasteiger partial charge in [0.15, 0.2) is 17.4 Å². The van der Waals surface area contributed by atoms with Crippen molar-refractivity contribution in [3.8, 4) is 5.75 Å². The van der Waals surface area contributed by atoms with Gasteiger partial charge in [-0.2, -0.15) is 0 Å². The van der Waals surface area contributed by atoms with Crippen molar-refractivity contribution >= 4 is 13.3 Å². The molecule has 0 saturated heterocycles. The van der Waals surface area contributed by atoms with Gasteiger partial charge in [-0.25, -0.2) is 8.78 Å². The van der Waals surface area contributed by atoms with E-state index in [0.717, 1.165) is 12.1 Å². The minimum absolute atomic E-state index is 0.0424. The summed E-state index contributed by atoms with van der Waals surface area (Å²) >= 11 is 0. The summed E-state index contributed by atoms with van der Waals surface area (Å²) in [5.74, 6) is -1.98. The molecule has 0 N–H and O–H groups in total. The second-order valence-corrected chi connectivity index (χ2v) is 2.02. The standard InChI is InChI=1S/C7H5BF2O/c1-11-7-5(9)2-4(8)3-6(7)10/h2-3H,1H3. The smallest absolute Gasteiger partial charge is 0.190 e. The molecule has 1 aromatic carbocycles. The fourth-order valence-corrected chi connectivity index (χ4v) is 0.774. The predicted molar refractivity (Wildman–Crippen MR) is 38.3 cm³/mol. The van der Waals surface area contributed by atoms with Crippen molar-refractivity contribution in [1.29, 1.82) is 0 Å². The zero-order valence-electron chi connectivity index (χ0n) is 5.90. The zero-order chi connectivity index (χ0) is 8.43. The highest BCUT2D eigenvalue weighted by Gasteiger charge is 2.08. The molecule has 0 saturated carbocycles. The third-order valence-corrected chi connectivity index (χ3v) is 1.22. The molecule has 1 nitrogen and oxygen atoms in total. The summed E-state index contributed by atoms with van der Waals surface area (Å²) in [5, 5.41) is 0. The Morgan fingerprint density at radius 3 is 2.09 bits per heavy atom. The van der Waals surface area contributed by atoms with Crippen molar-refractivity contribution in [2.24, 2.45) is 0 Å². The predicted octanol–water partition coefficient (Wildman–Crippen LogP) is 0.767. The molecule has 1 aromatic rings. The average Bonchev–Trinajstić information content (AvgIpc) is 1.85. The van der Waals surface area contributed by atoms with Crippen LogP contribution in [0.1, 0.15) is 0 Å². The molecule has 4 heteroatoms. The number of halogens is 2. The second kappa shape index (κ2) is 2.90. The van der Waals surface area contributed by atoms with Crippen LogP contribution in [-0.2, 0) is 0 Å². The Balaban J connectivity index is 3.25. The average molecular weight is 154 g/mol. The summed E-state index contributed by atoms with van der Waals surface area (Å²) < 4.78 is 29.8. The van der Waals surface area contributed by atoms with Gasteiger partial charge in [0.2, 0.25) is 0 Å².